The minimum Gasteiger partial charge on any atom is -0.373 e. The van der Waals surface area contributed by atoms with Crippen LogP contribution in [0.15, 0.2) is 22.7 Å². The van der Waals surface area contributed by atoms with Gasteiger partial charge in [-0.05, 0) is 53.4 Å². The molecule has 1 aromatic carbocycles. The summed E-state index contributed by atoms with van der Waals surface area (Å²) in [6, 6.07) is 7.03. The van der Waals surface area contributed by atoms with E-state index in [1.807, 2.05) is 11.8 Å². The van der Waals surface area contributed by atoms with Crippen molar-refractivity contribution in [2.24, 2.45) is 0 Å². The number of rotatable bonds is 7. The lowest BCUT2D eigenvalue weighted by molar-refractivity contribution is 0.598. The van der Waals surface area contributed by atoms with Crippen molar-refractivity contribution in [1.29, 1.82) is 0 Å². The number of hydrogen-bond acceptors (Lipinski definition) is 3. The Hall–Kier alpha value is -0.190. The molecule has 0 aliphatic heterocycles. The first-order chi connectivity index (χ1) is 8.60. The second kappa shape index (κ2) is 8.08. The Bertz CT molecular complexity index is 371. The van der Waals surface area contributed by atoms with Crippen molar-refractivity contribution < 1.29 is 0 Å². The number of nitrogens with one attached hydrogen (secondary N) is 1. The first-order valence-corrected chi connectivity index (χ1v) is 8.51. The van der Waals surface area contributed by atoms with Crippen LogP contribution in [0.25, 0.3) is 0 Å². The zero-order chi connectivity index (χ0) is 13.5. The number of benzene rings is 1. The molecule has 18 heavy (non-hydrogen) atoms. The molecule has 0 saturated heterocycles. The van der Waals surface area contributed by atoms with Gasteiger partial charge in [-0.1, -0.05) is 13.0 Å². The lowest BCUT2D eigenvalue weighted by Crippen LogP contribution is -2.21. The van der Waals surface area contributed by atoms with Crippen molar-refractivity contribution in [1.82, 2.24) is 5.32 Å². The van der Waals surface area contributed by atoms with E-state index in [0.29, 0.717) is 6.04 Å². The Morgan fingerprint density at radius 1 is 1.44 bits per heavy atom. The van der Waals surface area contributed by atoms with E-state index in [9.17, 15) is 0 Å². The van der Waals surface area contributed by atoms with Crippen molar-refractivity contribution >= 4 is 33.4 Å². The molecule has 2 nitrogen and oxygen atoms in total. The van der Waals surface area contributed by atoms with Crippen molar-refractivity contribution in [3.8, 4) is 0 Å². The molecule has 102 valence electrons. The maximum Gasteiger partial charge on any atom is 0.0508 e. The average molecular weight is 331 g/mol. The maximum atomic E-state index is 3.68. The maximum absolute atomic E-state index is 3.68. The number of hydrogen-bond donors (Lipinski definition) is 1. The van der Waals surface area contributed by atoms with E-state index < -0.39 is 0 Å². The molecule has 0 amide bonds. The van der Waals surface area contributed by atoms with Crippen LogP contribution in [-0.2, 0) is 0 Å². The third-order valence-corrected chi connectivity index (χ3v) is 4.25. The van der Waals surface area contributed by atoms with E-state index in [1.165, 1.54) is 15.7 Å². The van der Waals surface area contributed by atoms with Gasteiger partial charge < -0.3 is 10.2 Å². The standard InChI is InChI=1S/C14H23BrN2S/c1-5-16-11(2)12-6-7-14(13(15)10-12)17(3)8-9-18-4/h6-7,10-11,16H,5,8-9H2,1-4H3. The fourth-order valence-corrected chi connectivity index (χ4v) is 3.03. The fourth-order valence-electron chi connectivity index (χ4n) is 1.87. The van der Waals surface area contributed by atoms with E-state index >= 15 is 0 Å². The van der Waals surface area contributed by atoms with Crippen LogP contribution in [0, 0.1) is 0 Å². The highest BCUT2D eigenvalue weighted by Crippen LogP contribution is 2.28. The van der Waals surface area contributed by atoms with Gasteiger partial charge in [0.2, 0.25) is 0 Å². The second-order valence-corrected chi connectivity index (χ2v) is 6.24. The fraction of sp³-hybridized carbons (Fsp3) is 0.571. The Labute approximate surface area is 124 Å². The van der Waals surface area contributed by atoms with Gasteiger partial charge >= 0.3 is 0 Å². The molecule has 0 aliphatic carbocycles. The molecule has 1 N–H and O–H groups in total. The van der Waals surface area contributed by atoms with Gasteiger partial charge in [-0.3, -0.25) is 0 Å². The van der Waals surface area contributed by atoms with Gasteiger partial charge in [0.25, 0.3) is 0 Å². The monoisotopic (exact) mass is 330 g/mol. The molecule has 4 heteroatoms. The largest absolute Gasteiger partial charge is 0.373 e. The van der Waals surface area contributed by atoms with Gasteiger partial charge in [0.1, 0.15) is 0 Å². The van der Waals surface area contributed by atoms with E-state index in [4.69, 9.17) is 0 Å². The Balaban J connectivity index is 2.78. The van der Waals surface area contributed by atoms with Crippen molar-refractivity contribution in [3.63, 3.8) is 0 Å². The number of anilines is 1. The van der Waals surface area contributed by atoms with Gasteiger partial charge in [-0.25, -0.2) is 0 Å². The van der Waals surface area contributed by atoms with Gasteiger partial charge in [0, 0.05) is 29.9 Å². The molecule has 0 radical (unpaired) electrons. The van der Waals surface area contributed by atoms with Crippen LogP contribution >= 0.6 is 27.7 Å². The van der Waals surface area contributed by atoms with Crippen LogP contribution in [0.4, 0.5) is 5.69 Å². The minimum atomic E-state index is 0.400. The predicted octanol–water partition coefficient (Wildman–Crippen LogP) is 3.92. The summed E-state index contributed by atoms with van der Waals surface area (Å²) in [5.74, 6) is 1.15. The third-order valence-electron chi connectivity index (χ3n) is 3.02. The van der Waals surface area contributed by atoms with Crippen molar-refractivity contribution in [2.75, 3.05) is 37.0 Å². The van der Waals surface area contributed by atoms with Crippen LogP contribution in [0.1, 0.15) is 25.5 Å². The quantitative estimate of drug-likeness (QED) is 0.815. The van der Waals surface area contributed by atoms with Gasteiger partial charge in [0.05, 0.1) is 5.69 Å². The van der Waals surface area contributed by atoms with Crippen LogP contribution in [0.5, 0.6) is 0 Å². The molecular weight excluding hydrogens is 308 g/mol. The highest BCUT2D eigenvalue weighted by Gasteiger charge is 2.09. The second-order valence-electron chi connectivity index (χ2n) is 4.40. The van der Waals surface area contributed by atoms with Gasteiger partial charge in [-0.15, -0.1) is 0 Å². The zero-order valence-electron chi connectivity index (χ0n) is 11.7. The molecule has 1 aromatic rings. The molecule has 0 aliphatic rings. The van der Waals surface area contributed by atoms with Crippen LogP contribution in [0.2, 0.25) is 0 Å². The summed E-state index contributed by atoms with van der Waals surface area (Å²) in [7, 11) is 2.14. The molecule has 1 atom stereocenters. The number of nitrogens with zero attached hydrogens (tertiary/aromatic N) is 1. The lowest BCUT2D eigenvalue weighted by Gasteiger charge is -2.22. The summed E-state index contributed by atoms with van der Waals surface area (Å²) in [4.78, 5) is 2.29. The topological polar surface area (TPSA) is 15.3 Å². The van der Waals surface area contributed by atoms with Gasteiger partial charge in [-0.2, -0.15) is 11.8 Å². The number of halogens is 1. The van der Waals surface area contributed by atoms with Crippen LogP contribution in [0.3, 0.4) is 0 Å². The number of thioether (sulfide) groups is 1. The Kier molecular flexibility index (Phi) is 7.12. The molecule has 0 spiro atoms. The Morgan fingerprint density at radius 2 is 2.17 bits per heavy atom. The van der Waals surface area contributed by atoms with Crippen molar-refractivity contribution in [2.45, 2.75) is 19.9 Å². The van der Waals surface area contributed by atoms with Crippen LogP contribution in [-0.4, -0.2) is 32.1 Å². The summed E-state index contributed by atoms with van der Waals surface area (Å²) in [6.45, 7) is 6.40. The molecule has 0 heterocycles. The normalized spacial score (nSPS) is 12.5. The Morgan fingerprint density at radius 3 is 2.72 bits per heavy atom. The van der Waals surface area contributed by atoms with E-state index in [-0.39, 0.29) is 0 Å². The highest BCUT2D eigenvalue weighted by molar-refractivity contribution is 9.10. The molecule has 0 saturated carbocycles. The molecule has 1 rings (SSSR count). The highest BCUT2D eigenvalue weighted by atomic mass is 79.9. The zero-order valence-corrected chi connectivity index (χ0v) is 14.1. The molecular formula is C14H23BrN2S. The van der Waals surface area contributed by atoms with Crippen LogP contribution < -0.4 is 10.2 Å². The third kappa shape index (κ3) is 4.48. The smallest absolute Gasteiger partial charge is 0.0508 e. The summed E-state index contributed by atoms with van der Waals surface area (Å²) in [5, 5.41) is 3.43. The summed E-state index contributed by atoms with van der Waals surface area (Å²) < 4.78 is 1.17. The first kappa shape index (κ1) is 15.9. The molecule has 1 unspecified atom stereocenters. The first-order valence-electron chi connectivity index (χ1n) is 6.33. The molecule has 0 bridgehead atoms. The van der Waals surface area contributed by atoms with E-state index in [2.05, 4.69) is 71.5 Å². The molecule has 0 fully saturated rings. The predicted molar refractivity (Wildman–Crippen MR) is 87.9 cm³/mol. The minimum absolute atomic E-state index is 0.400. The van der Waals surface area contributed by atoms with E-state index in [0.717, 1.165) is 18.8 Å². The van der Waals surface area contributed by atoms with Crippen molar-refractivity contribution in [3.05, 3.63) is 28.2 Å². The van der Waals surface area contributed by atoms with Gasteiger partial charge in [0.15, 0.2) is 0 Å². The summed E-state index contributed by atoms with van der Waals surface area (Å²) in [5.41, 5.74) is 2.59. The lowest BCUT2D eigenvalue weighted by atomic mass is 10.1. The molecule has 0 aromatic heterocycles. The van der Waals surface area contributed by atoms with E-state index in [1.54, 1.807) is 0 Å². The SMILES string of the molecule is CCNC(C)c1ccc(N(C)CCSC)c(Br)c1. The summed E-state index contributed by atoms with van der Waals surface area (Å²) in [6.07, 6.45) is 2.14. The average Bonchev–Trinajstić information content (AvgIpc) is 2.36. The summed E-state index contributed by atoms with van der Waals surface area (Å²) >= 11 is 5.56.